The van der Waals surface area contributed by atoms with E-state index in [2.05, 4.69) is 64.6 Å². The number of ether oxygens (including phenoxy) is 1. The lowest BCUT2D eigenvalue weighted by atomic mass is 10.0. The van der Waals surface area contributed by atoms with Crippen molar-refractivity contribution in [2.45, 2.75) is 38.8 Å². The number of nitrogens with zero attached hydrogens (tertiary/aromatic N) is 3. The van der Waals surface area contributed by atoms with E-state index >= 15 is 0 Å². The lowest BCUT2D eigenvalue weighted by Crippen LogP contribution is -2.49. The van der Waals surface area contributed by atoms with Crippen LogP contribution in [0.4, 0.5) is 5.69 Å². The highest BCUT2D eigenvalue weighted by molar-refractivity contribution is 14.0. The molecule has 1 atom stereocenters. The van der Waals surface area contributed by atoms with Crippen LogP contribution in [0.3, 0.4) is 0 Å². The Labute approximate surface area is 193 Å². The van der Waals surface area contributed by atoms with Gasteiger partial charge in [0.05, 0.1) is 6.61 Å². The van der Waals surface area contributed by atoms with Crippen LogP contribution in [0.15, 0.2) is 23.2 Å². The molecule has 2 fully saturated rings. The molecule has 0 bridgehead atoms. The zero-order chi connectivity index (χ0) is 19.9. The average Bonchev–Trinajstić information content (AvgIpc) is 3.20. The summed E-state index contributed by atoms with van der Waals surface area (Å²) in [6.07, 6.45) is 3.57. The molecule has 1 unspecified atom stereocenters. The highest BCUT2D eigenvalue weighted by Crippen LogP contribution is 2.18. The predicted octanol–water partition coefficient (Wildman–Crippen LogP) is 2.84. The van der Waals surface area contributed by atoms with Gasteiger partial charge in [0, 0.05) is 65.7 Å². The van der Waals surface area contributed by atoms with Gasteiger partial charge in [-0.25, -0.2) is 0 Å². The van der Waals surface area contributed by atoms with E-state index in [1.54, 1.807) is 0 Å². The first-order chi connectivity index (χ1) is 13.5. The number of nitrogens with one attached hydrogen (secondary N) is 2. The highest BCUT2D eigenvalue weighted by Gasteiger charge is 2.24. The van der Waals surface area contributed by atoms with Crippen molar-refractivity contribution in [3.05, 3.63) is 29.3 Å². The Morgan fingerprint density at radius 1 is 1.24 bits per heavy atom. The maximum Gasteiger partial charge on any atom is 0.191 e. The summed E-state index contributed by atoms with van der Waals surface area (Å²) >= 11 is 0. The standard InChI is InChI=1S/C22H37N5O.HI/c1-17-13-21(26(3)4)6-5-19(17)14-24-22(23-2)25-20-7-10-27(11-8-20)15-18-9-12-28-16-18;/h5-6,13,18,20H,7-12,14-16H2,1-4H3,(H2,23,24,25);1H. The van der Waals surface area contributed by atoms with Gasteiger partial charge in [0.15, 0.2) is 5.96 Å². The van der Waals surface area contributed by atoms with Gasteiger partial charge in [0.2, 0.25) is 0 Å². The summed E-state index contributed by atoms with van der Waals surface area (Å²) in [5.74, 6) is 1.64. The Bertz CT molecular complexity index is 653. The maximum atomic E-state index is 5.51. The van der Waals surface area contributed by atoms with E-state index in [4.69, 9.17) is 4.74 Å². The minimum Gasteiger partial charge on any atom is -0.381 e. The van der Waals surface area contributed by atoms with Crippen LogP contribution in [0.5, 0.6) is 0 Å². The van der Waals surface area contributed by atoms with Gasteiger partial charge >= 0.3 is 0 Å². The van der Waals surface area contributed by atoms with E-state index in [0.29, 0.717) is 6.04 Å². The first kappa shape index (κ1) is 24.2. The molecule has 2 aliphatic heterocycles. The minimum absolute atomic E-state index is 0. The van der Waals surface area contributed by atoms with Crippen LogP contribution in [0.2, 0.25) is 0 Å². The van der Waals surface area contributed by atoms with Crippen LogP contribution in [-0.2, 0) is 11.3 Å². The summed E-state index contributed by atoms with van der Waals surface area (Å²) in [5.41, 5.74) is 3.85. The molecular formula is C22H38IN5O. The summed E-state index contributed by atoms with van der Waals surface area (Å²) in [6, 6.07) is 7.11. The van der Waals surface area contributed by atoms with Gasteiger partial charge in [0.1, 0.15) is 0 Å². The Balaban J connectivity index is 0.00000300. The molecule has 0 amide bonds. The molecule has 2 N–H and O–H groups in total. The largest absolute Gasteiger partial charge is 0.381 e. The molecule has 2 saturated heterocycles. The van der Waals surface area contributed by atoms with E-state index in [1.807, 2.05) is 7.05 Å². The van der Waals surface area contributed by atoms with E-state index in [9.17, 15) is 0 Å². The lowest BCUT2D eigenvalue weighted by molar-refractivity contribution is 0.150. The minimum atomic E-state index is 0. The van der Waals surface area contributed by atoms with Gasteiger partial charge < -0.3 is 25.2 Å². The lowest BCUT2D eigenvalue weighted by Gasteiger charge is -2.34. The van der Waals surface area contributed by atoms with Crippen molar-refractivity contribution in [3.8, 4) is 0 Å². The van der Waals surface area contributed by atoms with Crippen LogP contribution in [-0.4, -0.2) is 70.9 Å². The molecule has 0 saturated carbocycles. The Kier molecular flexibility index (Phi) is 9.98. The molecule has 2 heterocycles. The van der Waals surface area contributed by atoms with Crippen LogP contribution >= 0.6 is 24.0 Å². The van der Waals surface area contributed by atoms with E-state index in [-0.39, 0.29) is 24.0 Å². The van der Waals surface area contributed by atoms with Gasteiger partial charge in [0.25, 0.3) is 0 Å². The van der Waals surface area contributed by atoms with Gasteiger partial charge in [-0.1, -0.05) is 6.07 Å². The van der Waals surface area contributed by atoms with Crippen LogP contribution in [0.1, 0.15) is 30.4 Å². The first-order valence-electron chi connectivity index (χ1n) is 10.6. The van der Waals surface area contributed by atoms with Crippen LogP contribution in [0.25, 0.3) is 0 Å². The third-order valence-corrected chi connectivity index (χ3v) is 5.98. The predicted molar refractivity (Wildman–Crippen MR) is 133 cm³/mol. The Hall–Kier alpha value is -1.06. The van der Waals surface area contributed by atoms with Gasteiger partial charge in [-0.05, 0) is 55.4 Å². The number of benzene rings is 1. The zero-order valence-electron chi connectivity index (χ0n) is 18.4. The molecular weight excluding hydrogens is 477 g/mol. The van der Waals surface area contributed by atoms with E-state index in [1.165, 1.54) is 42.6 Å². The molecule has 1 aromatic carbocycles. The summed E-state index contributed by atoms with van der Waals surface area (Å²) < 4.78 is 5.51. The molecule has 3 rings (SSSR count). The van der Waals surface area contributed by atoms with Crippen molar-refractivity contribution in [1.82, 2.24) is 15.5 Å². The molecule has 0 aliphatic carbocycles. The monoisotopic (exact) mass is 515 g/mol. The molecule has 7 heteroatoms. The number of anilines is 1. The highest BCUT2D eigenvalue weighted by atomic mass is 127. The molecule has 2 aliphatic rings. The van der Waals surface area contributed by atoms with Gasteiger partial charge in [-0.3, -0.25) is 4.99 Å². The summed E-state index contributed by atoms with van der Waals surface area (Å²) in [7, 11) is 6.00. The van der Waals surface area contributed by atoms with Crippen molar-refractivity contribution in [1.29, 1.82) is 0 Å². The Morgan fingerprint density at radius 2 is 2.00 bits per heavy atom. The van der Waals surface area contributed by atoms with Crippen molar-refractivity contribution in [3.63, 3.8) is 0 Å². The number of hydrogen-bond acceptors (Lipinski definition) is 4. The zero-order valence-corrected chi connectivity index (χ0v) is 20.7. The second-order valence-electron chi connectivity index (χ2n) is 8.38. The molecule has 164 valence electrons. The van der Waals surface area contributed by atoms with Crippen LogP contribution < -0.4 is 15.5 Å². The van der Waals surface area contributed by atoms with Crippen molar-refractivity contribution in [2.24, 2.45) is 10.9 Å². The fraction of sp³-hybridized carbons (Fsp3) is 0.682. The smallest absolute Gasteiger partial charge is 0.191 e. The van der Waals surface area contributed by atoms with E-state index < -0.39 is 0 Å². The molecule has 1 aromatic rings. The second-order valence-corrected chi connectivity index (χ2v) is 8.38. The fourth-order valence-corrected chi connectivity index (χ4v) is 4.08. The summed E-state index contributed by atoms with van der Waals surface area (Å²) in [5, 5.41) is 7.11. The number of aliphatic imine (C=N–C) groups is 1. The van der Waals surface area contributed by atoms with Gasteiger partial charge in [-0.2, -0.15) is 0 Å². The Morgan fingerprint density at radius 3 is 2.59 bits per heavy atom. The van der Waals surface area contributed by atoms with E-state index in [0.717, 1.165) is 44.7 Å². The number of likely N-dealkylation sites (tertiary alicyclic amines) is 1. The second kappa shape index (κ2) is 12.0. The molecule has 0 spiro atoms. The third kappa shape index (κ3) is 7.29. The fourth-order valence-electron chi connectivity index (χ4n) is 4.08. The van der Waals surface area contributed by atoms with Crippen molar-refractivity contribution < 1.29 is 4.74 Å². The topological polar surface area (TPSA) is 52.1 Å². The number of rotatable bonds is 6. The quantitative estimate of drug-likeness (QED) is 0.347. The number of piperidine rings is 1. The molecule has 0 aromatic heterocycles. The number of aryl methyl sites for hydroxylation is 1. The number of hydrogen-bond donors (Lipinski definition) is 2. The van der Waals surface area contributed by atoms with Crippen molar-refractivity contribution in [2.75, 3.05) is 58.9 Å². The van der Waals surface area contributed by atoms with Crippen LogP contribution in [0, 0.1) is 12.8 Å². The maximum absolute atomic E-state index is 5.51. The number of halogens is 1. The molecule has 0 radical (unpaired) electrons. The summed E-state index contributed by atoms with van der Waals surface area (Å²) in [6.45, 7) is 8.38. The normalized spacial score (nSPS) is 21.0. The molecule has 6 nitrogen and oxygen atoms in total. The van der Waals surface area contributed by atoms with Crippen molar-refractivity contribution >= 4 is 35.6 Å². The van der Waals surface area contributed by atoms with Gasteiger partial charge in [-0.15, -0.1) is 24.0 Å². The average molecular weight is 515 g/mol. The summed E-state index contributed by atoms with van der Waals surface area (Å²) in [4.78, 5) is 9.17. The molecule has 29 heavy (non-hydrogen) atoms. The number of guanidine groups is 1. The third-order valence-electron chi connectivity index (χ3n) is 5.98. The SMILES string of the molecule is CN=C(NCc1ccc(N(C)C)cc1C)NC1CCN(CC2CCOC2)CC1.I. The first-order valence-corrected chi connectivity index (χ1v) is 10.6.